The Hall–Kier alpha value is -4.72. The van der Waals surface area contributed by atoms with E-state index < -0.39 is 23.7 Å². The first-order valence-electron chi connectivity index (χ1n) is 12.3. The van der Waals surface area contributed by atoms with E-state index in [1.54, 1.807) is 0 Å². The lowest BCUT2D eigenvalue weighted by molar-refractivity contribution is -0.122. The number of nitrogens with one attached hydrogen (secondary N) is 1. The number of rotatable bonds is 7. The predicted molar refractivity (Wildman–Crippen MR) is 143 cm³/mol. The first-order valence-corrected chi connectivity index (χ1v) is 12.3. The zero-order chi connectivity index (χ0) is 26.8. The highest BCUT2D eigenvalue weighted by Gasteiger charge is 2.37. The van der Waals surface area contributed by atoms with Crippen molar-refractivity contribution in [2.24, 2.45) is 0 Å². The monoisotopic (exact) mass is 511 g/mol. The zero-order valence-corrected chi connectivity index (χ0v) is 21.0. The zero-order valence-electron chi connectivity index (χ0n) is 21.0. The van der Waals surface area contributed by atoms with E-state index in [4.69, 9.17) is 4.74 Å². The van der Waals surface area contributed by atoms with Gasteiger partial charge in [-0.15, -0.1) is 0 Å². The van der Waals surface area contributed by atoms with Gasteiger partial charge in [0.25, 0.3) is 11.8 Å². The average molecular weight is 512 g/mol. The van der Waals surface area contributed by atoms with E-state index in [9.17, 15) is 18.8 Å². The van der Waals surface area contributed by atoms with Crippen LogP contribution in [0.25, 0.3) is 17.0 Å². The average Bonchev–Trinajstić information content (AvgIpc) is 3.25. The molecule has 4 amide bonds. The largest absolute Gasteiger partial charge is 0.493 e. The molecule has 1 saturated heterocycles. The number of aromatic nitrogens is 1. The molecule has 4 aromatic rings. The van der Waals surface area contributed by atoms with Gasteiger partial charge in [-0.25, -0.2) is 14.1 Å². The maximum atomic E-state index is 13.4. The van der Waals surface area contributed by atoms with Crippen LogP contribution in [0.3, 0.4) is 0 Å². The number of imide groups is 2. The summed E-state index contributed by atoms with van der Waals surface area (Å²) in [7, 11) is 0. The summed E-state index contributed by atoms with van der Waals surface area (Å²) in [5.74, 6) is -1.19. The molecule has 1 aliphatic heterocycles. The molecular weight excluding hydrogens is 485 g/mol. The number of ether oxygens (including phenoxy) is 1. The SMILES string of the molecule is Cc1cccc(OCCCn2cc(/C=C3\C(=O)NC(=O)N(c4ccc(F)cc4)C3=O)c3ccccc32)c1C. The van der Waals surface area contributed by atoms with E-state index in [1.165, 1.54) is 23.8 Å². The maximum Gasteiger partial charge on any atom is 0.335 e. The van der Waals surface area contributed by atoms with Gasteiger partial charge >= 0.3 is 6.03 Å². The Morgan fingerprint density at radius 3 is 2.50 bits per heavy atom. The molecule has 5 rings (SSSR count). The summed E-state index contributed by atoms with van der Waals surface area (Å²) in [4.78, 5) is 39.2. The number of carbonyl (C=O) groups is 3. The van der Waals surface area contributed by atoms with E-state index in [2.05, 4.69) is 22.9 Å². The minimum Gasteiger partial charge on any atom is -0.493 e. The van der Waals surface area contributed by atoms with Gasteiger partial charge in [-0.05, 0) is 73.9 Å². The quantitative estimate of drug-likeness (QED) is 0.201. The third-order valence-corrected chi connectivity index (χ3v) is 6.66. The van der Waals surface area contributed by atoms with Crippen LogP contribution < -0.4 is 15.0 Å². The Balaban J connectivity index is 1.39. The number of amides is 4. The number of hydrogen-bond acceptors (Lipinski definition) is 4. The van der Waals surface area contributed by atoms with Gasteiger partial charge in [-0.1, -0.05) is 30.3 Å². The van der Waals surface area contributed by atoms with E-state index in [0.717, 1.165) is 45.7 Å². The van der Waals surface area contributed by atoms with Crippen LogP contribution >= 0.6 is 0 Å². The summed E-state index contributed by atoms with van der Waals surface area (Å²) < 4.78 is 21.4. The molecule has 1 N–H and O–H groups in total. The van der Waals surface area contributed by atoms with Crippen molar-refractivity contribution in [2.75, 3.05) is 11.5 Å². The van der Waals surface area contributed by atoms with Gasteiger partial charge in [-0.3, -0.25) is 14.9 Å². The Kier molecular flexibility index (Phi) is 6.79. The lowest BCUT2D eigenvalue weighted by Crippen LogP contribution is -2.54. The van der Waals surface area contributed by atoms with Crippen molar-refractivity contribution in [3.05, 3.63) is 101 Å². The molecule has 38 heavy (non-hydrogen) atoms. The van der Waals surface area contributed by atoms with Crippen LogP contribution in [-0.2, 0) is 16.1 Å². The van der Waals surface area contributed by atoms with Crippen molar-refractivity contribution >= 4 is 40.5 Å². The molecule has 7 nitrogen and oxygen atoms in total. The van der Waals surface area contributed by atoms with Crippen molar-refractivity contribution in [3.63, 3.8) is 0 Å². The number of aryl methyl sites for hydroxylation is 2. The van der Waals surface area contributed by atoms with E-state index in [0.29, 0.717) is 18.7 Å². The molecule has 0 saturated carbocycles. The smallest absolute Gasteiger partial charge is 0.335 e. The molecule has 3 aromatic carbocycles. The normalized spacial score (nSPS) is 14.9. The fourth-order valence-electron chi connectivity index (χ4n) is 4.51. The molecule has 1 aliphatic rings. The fourth-order valence-corrected chi connectivity index (χ4v) is 4.51. The molecular formula is C30H26FN3O4. The number of halogens is 1. The number of hydrogen-bond donors (Lipinski definition) is 1. The summed E-state index contributed by atoms with van der Waals surface area (Å²) in [6, 6.07) is 17.7. The molecule has 1 fully saturated rings. The minimum absolute atomic E-state index is 0.165. The van der Waals surface area contributed by atoms with Crippen LogP contribution in [0.2, 0.25) is 0 Å². The topological polar surface area (TPSA) is 80.6 Å². The third-order valence-electron chi connectivity index (χ3n) is 6.66. The van der Waals surface area contributed by atoms with E-state index in [1.807, 2.05) is 49.5 Å². The first-order chi connectivity index (χ1) is 18.3. The molecule has 0 spiro atoms. The summed E-state index contributed by atoms with van der Waals surface area (Å²) in [5, 5.41) is 3.07. The van der Waals surface area contributed by atoms with Gasteiger partial charge in [0.05, 0.1) is 12.3 Å². The molecule has 8 heteroatoms. The number of barbiturate groups is 1. The molecule has 1 aromatic heterocycles. The van der Waals surface area contributed by atoms with Crippen molar-refractivity contribution in [2.45, 2.75) is 26.8 Å². The van der Waals surface area contributed by atoms with E-state index >= 15 is 0 Å². The Morgan fingerprint density at radius 1 is 0.947 bits per heavy atom. The van der Waals surface area contributed by atoms with Crippen molar-refractivity contribution in [1.82, 2.24) is 9.88 Å². The summed E-state index contributed by atoms with van der Waals surface area (Å²) in [5.41, 5.74) is 3.90. The molecule has 0 radical (unpaired) electrons. The van der Waals surface area contributed by atoms with Crippen LogP contribution in [0, 0.1) is 19.7 Å². The van der Waals surface area contributed by atoms with Crippen LogP contribution in [0.1, 0.15) is 23.1 Å². The fraction of sp³-hybridized carbons (Fsp3) is 0.167. The van der Waals surface area contributed by atoms with Gasteiger partial charge in [0.2, 0.25) is 0 Å². The Bertz CT molecular complexity index is 1590. The second-order valence-corrected chi connectivity index (χ2v) is 9.13. The third kappa shape index (κ3) is 4.80. The summed E-state index contributed by atoms with van der Waals surface area (Å²) in [6.45, 7) is 5.28. The highest BCUT2D eigenvalue weighted by molar-refractivity contribution is 6.39. The molecule has 2 heterocycles. The van der Waals surface area contributed by atoms with Crippen molar-refractivity contribution in [1.29, 1.82) is 0 Å². The first kappa shape index (κ1) is 25.0. The standard InChI is InChI=1S/C30H26FN3O4/c1-19-7-5-10-27(20(19)2)38-16-6-15-33-18-21(24-8-3-4-9-26(24)33)17-25-28(35)32-30(37)34(29(25)36)23-13-11-22(31)12-14-23/h3-5,7-14,17-18H,6,15-16H2,1-2H3,(H,32,35,37)/b25-17+. The van der Waals surface area contributed by atoms with Gasteiger partial charge < -0.3 is 9.30 Å². The Labute approximate surface area is 219 Å². The number of para-hydroxylation sites is 1. The molecule has 0 aliphatic carbocycles. The van der Waals surface area contributed by atoms with Crippen molar-refractivity contribution < 1.29 is 23.5 Å². The van der Waals surface area contributed by atoms with Gasteiger partial charge in [0.15, 0.2) is 0 Å². The number of carbonyl (C=O) groups excluding carboxylic acids is 3. The molecule has 0 unspecified atom stereocenters. The lowest BCUT2D eigenvalue weighted by Gasteiger charge is -2.26. The number of anilines is 1. The molecule has 192 valence electrons. The Morgan fingerprint density at radius 2 is 1.71 bits per heavy atom. The molecule has 0 atom stereocenters. The summed E-state index contributed by atoms with van der Waals surface area (Å²) >= 11 is 0. The van der Waals surface area contributed by atoms with Crippen LogP contribution in [-0.4, -0.2) is 29.0 Å². The second kappa shape index (κ2) is 10.3. The number of benzene rings is 3. The van der Waals surface area contributed by atoms with Gasteiger partial charge in [0.1, 0.15) is 17.1 Å². The van der Waals surface area contributed by atoms with Gasteiger partial charge in [-0.2, -0.15) is 0 Å². The second-order valence-electron chi connectivity index (χ2n) is 9.13. The van der Waals surface area contributed by atoms with Crippen LogP contribution in [0.5, 0.6) is 5.75 Å². The van der Waals surface area contributed by atoms with Crippen LogP contribution in [0.15, 0.2) is 78.5 Å². The number of fused-ring (bicyclic) bond motifs is 1. The lowest BCUT2D eigenvalue weighted by atomic mass is 10.1. The van der Waals surface area contributed by atoms with E-state index in [-0.39, 0.29) is 11.3 Å². The maximum absolute atomic E-state index is 13.4. The highest BCUT2D eigenvalue weighted by atomic mass is 19.1. The predicted octanol–water partition coefficient (Wildman–Crippen LogP) is 5.53. The number of urea groups is 1. The highest BCUT2D eigenvalue weighted by Crippen LogP contribution is 2.27. The van der Waals surface area contributed by atoms with Crippen molar-refractivity contribution in [3.8, 4) is 5.75 Å². The molecule has 0 bridgehead atoms. The summed E-state index contributed by atoms with van der Waals surface area (Å²) in [6.07, 6.45) is 4.12. The minimum atomic E-state index is -0.880. The van der Waals surface area contributed by atoms with Crippen LogP contribution in [0.4, 0.5) is 14.9 Å². The van der Waals surface area contributed by atoms with Gasteiger partial charge in [0, 0.05) is 29.2 Å². The number of nitrogens with zero attached hydrogens (tertiary/aromatic N) is 2.